The summed E-state index contributed by atoms with van der Waals surface area (Å²) >= 11 is 0. The van der Waals surface area contributed by atoms with Gasteiger partial charge in [0.1, 0.15) is 5.75 Å². The Balaban J connectivity index is 2.28. The molecule has 0 saturated heterocycles. The Morgan fingerprint density at radius 1 is 1.29 bits per heavy atom. The molecule has 0 unspecified atom stereocenters. The van der Waals surface area contributed by atoms with Crippen LogP contribution >= 0.6 is 0 Å². The summed E-state index contributed by atoms with van der Waals surface area (Å²) < 4.78 is 5.89. The molecule has 0 aliphatic heterocycles. The molecule has 1 aliphatic carbocycles. The fourth-order valence-corrected chi connectivity index (χ4v) is 2.90. The first-order valence-electron chi connectivity index (χ1n) is 6.44. The highest BCUT2D eigenvalue weighted by Crippen LogP contribution is 2.65. The second-order valence-corrected chi connectivity index (χ2v) is 5.85. The molecule has 94 valence electrons. The molecular weight excluding hydrogens is 210 g/mol. The zero-order chi connectivity index (χ0) is 12.6. The van der Waals surface area contributed by atoms with Crippen LogP contribution in [0.4, 0.5) is 0 Å². The van der Waals surface area contributed by atoms with Crippen molar-refractivity contribution in [2.75, 3.05) is 6.54 Å². The van der Waals surface area contributed by atoms with Crippen molar-refractivity contribution in [2.45, 2.75) is 39.7 Å². The van der Waals surface area contributed by atoms with Crippen LogP contribution < -0.4 is 10.5 Å². The Morgan fingerprint density at radius 3 is 2.47 bits per heavy atom. The lowest BCUT2D eigenvalue weighted by Gasteiger charge is -2.15. The van der Waals surface area contributed by atoms with Crippen LogP contribution in [0.5, 0.6) is 5.75 Å². The SMILES string of the molecule is CC(C)Oc1ccccc1[C@@H]1[C@@H](CN)C1(C)C. The number of hydrogen-bond acceptors (Lipinski definition) is 2. The molecular formula is C15H23NO. The predicted molar refractivity (Wildman–Crippen MR) is 71.3 cm³/mol. The number of ether oxygens (including phenoxy) is 1. The van der Waals surface area contributed by atoms with Crippen molar-refractivity contribution in [2.24, 2.45) is 17.1 Å². The van der Waals surface area contributed by atoms with Crippen molar-refractivity contribution in [1.29, 1.82) is 0 Å². The third-order valence-corrected chi connectivity index (χ3v) is 3.92. The lowest BCUT2D eigenvalue weighted by Crippen LogP contribution is -2.08. The quantitative estimate of drug-likeness (QED) is 0.867. The minimum Gasteiger partial charge on any atom is -0.491 e. The van der Waals surface area contributed by atoms with Gasteiger partial charge in [-0.05, 0) is 49.3 Å². The molecule has 2 atom stereocenters. The lowest BCUT2D eigenvalue weighted by molar-refractivity contribution is 0.239. The van der Waals surface area contributed by atoms with Crippen molar-refractivity contribution in [1.82, 2.24) is 0 Å². The van der Waals surface area contributed by atoms with Crippen molar-refractivity contribution >= 4 is 0 Å². The van der Waals surface area contributed by atoms with Crippen LogP contribution in [0.25, 0.3) is 0 Å². The molecule has 1 aromatic rings. The molecule has 17 heavy (non-hydrogen) atoms. The smallest absolute Gasteiger partial charge is 0.123 e. The van der Waals surface area contributed by atoms with Gasteiger partial charge in [-0.15, -0.1) is 0 Å². The van der Waals surface area contributed by atoms with Crippen LogP contribution in [-0.4, -0.2) is 12.6 Å². The first kappa shape index (κ1) is 12.4. The summed E-state index contributed by atoms with van der Waals surface area (Å²) in [5, 5.41) is 0. The van der Waals surface area contributed by atoms with Gasteiger partial charge in [-0.25, -0.2) is 0 Å². The molecule has 1 aliphatic rings. The molecule has 0 spiro atoms. The van der Waals surface area contributed by atoms with E-state index in [1.54, 1.807) is 0 Å². The summed E-state index contributed by atoms with van der Waals surface area (Å²) in [5.74, 6) is 2.15. The second kappa shape index (κ2) is 4.34. The van der Waals surface area contributed by atoms with Crippen molar-refractivity contribution in [3.63, 3.8) is 0 Å². The van der Waals surface area contributed by atoms with E-state index in [0.29, 0.717) is 17.3 Å². The van der Waals surface area contributed by atoms with E-state index in [2.05, 4.69) is 45.9 Å². The average molecular weight is 233 g/mol. The molecule has 0 bridgehead atoms. The maximum absolute atomic E-state index is 5.89. The van der Waals surface area contributed by atoms with Gasteiger partial charge in [0.15, 0.2) is 0 Å². The highest BCUT2D eigenvalue weighted by Gasteiger charge is 2.58. The van der Waals surface area contributed by atoms with Gasteiger partial charge in [0.25, 0.3) is 0 Å². The molecule has 1 aromatic carbocycles. The Bertz CT molecular complexity index is 398. The van der Waals surface area contributed by atoms with E-state index in [0.717, 1.165) is 12.3 Å². The van der Waals surface area contributed by atoms with Crippen molar-refractivity contribution in [3.8, 4) is 5.75 Å². The van der Waals surface area contributed by atoms with E-state index in [9.17, 15) is 0 Å². The fourth-order valence-electron chi connectivity index (χ4n) is 2.90. The van der Waals surface area contributed by atoms with E-state index >= 15 is 0 Å². The van der Waals surface area contributed by atoms with E-state index in [1.807, 2.05) is 6.07 Å². The molecule has 2 heteroatoms. The van der Waals surface area contributed by atoms with Gasteiger partial charge in [-0.1, -0.05) is 32.0 Å². The minimum atomic E-state index is 0.217. The molecule has 2 nitrogen and oxygen atoms in total. The molecule has 2 N–H and O–H groups in total. The summed E-state index contributed by atoms with van der Waals surface area (Å²) in [4.78, 5) is 0. The minimum absolute atomic E-state index is 0.217. The topological polar surface area (TPSA) is 35.2 Å². The Kier molecular flexibility index (Phi) is 3.17. The molecule has 0 aromatic heterocycles. The first-order chi connectivity index (χ1) is 7.98. The maximum atomic E-state index is 5.89. The Morgan fingerprint density at radius 2 is 1.94 bits per heavy atom. The Labute approximate surface area is 104 Å². The lowest BCUT2D eigenvalue weighted by atomic mass is 10.0. The standard InChI is InChI=1S/C15H23NO/c1-10(2)17-13-8-6-5-7-11(13)14-12(9-16)15(14,3)4/h5-8,10,12,14H,9,16H2,1-4H3/t12-,14-/m1/s1. The van der Waals surface area contributed by atoms with Gasteiger partial charge in [0.2, 0.25) is 0 Å². The predicted octanol–water partition coefficient (Wildman–Crippen LogP) is 3.17. The number of rotatable bonds is 4. The van der Waals surface area contributed by atoms with Gasteiger partial charge in [0, 0.05) is 0 Å². The van der Waals surface area contributed by atoms with Gasteiger partial charge in [-0.3, -0.25) is 0 Å². The largest absolute Gasteiger partial charge is 0.491 e. The number of benzene rings is 1. The number of hydrogen-bond donors (Lipinski definition) is 1. The van der Waals surface area contributed by atoms with Crippen LogP contribution in [0, 0.1) is 11.3 Å². The van der Waals surface area contributed by atoms with Gasteiger partial charge < -0.3 is 10.5 Å². The van der Waals surface area contributed by atoms with E-state index < -0.39 is 0 Å². The molecule has 2 rings (SSSR count). The summed E-state index contributed by atoms with van der Waals surface area (Å²) in [7, 11) is 0. The third kappa shape index (κ3) is 2.19. The Hall–Kier alpha value is -1.02. The molecule has 0 radical (unpaired) electrons. The second-order valence-electron chi connectivity index (χ2n) is 5.85. The van der Waals surface area contributed by atoms with Gasteiger partial charge >= 0.3 is 0 Å². The molecule has 0 heterocycles. The summed E-state index contributed by atoms with van der Waals surface area (Å²) in [6, 6.07) is 8.37. The molecule has 1 saturated carbocycles. The van der Waals surface area contributed by atoms with Crippen LogP contribution in [0.3, 0.4) is 0 Å². The van der Waals surface area contributed by atoms with Crippen molar-refractivity contribution < 1.29 is 4.74 Å². The number of nitrogens with two attached hydrogens (primary N) is 1. The average Bonchev–Trinajstić information content (AvgIpc) is 2.80. The molecule has 0 amide bonds. The monoisotopic (exact) mass is 233 g/mol. The summed E-state index contributed by atoms with van der Waals surface area (Å²) in [6.07, 6.45) is 0.217. The zero-order valence-electron chi connectivity index (χ0n) is 11.2. The fraction of sp³-hybridized carbons (Fsp3) is 0.600. The summed E-state index contributed by atoms with van der Waals surface area (Å²) in [6.45, 7) is 9.47. The van der Waals surface area contributed by atoms with E-state index in [1.165, 1.54) is 5.56 Å². The van der Waals surface area contributed by atoms with Crippen LogP contribution in [0.1, 0.15) is 39.2 Å². The highest BCUT2D eigenvalue weighted by molar-refractivity contribution is 5.42. The van der Waals surface area contributed by atoms with E-state index in [4.69, 9.17) is 10.5 Å². The normalized spacial score (nSPS) is 26.0. The van der Waals surface area contributed by atoms with Crippen LogP contribution in [0.2, 0.25) is 0 Å². The maximum Gasteiger partial charge on any atom is 0.123 e. The van der Waals surface area contributed by atoms with Crippen LogP contribution in [0.15, 0.2) is 24.3 Å². The third-order valence-electron chi connectivity index (χ3n) is 3.92. The van der Waals surface area contributed by atoms with Gasteiger partial charge in [-0.2, -0.15) is 0 Å². The molecule has 1 fully saturated rings. The zero-order valence-corrected chi connectivity index (χ0v) is 11.2. The highest BCUT2D eigenvalue weighted by atomic mass is 16.5. The van der Waals surface area contributed by atoms with E-state index in [-0.39, 0.29) is 6.10 Å². The number of para-hydroxylation sites is 1. The van der Waals surface area contributed by atoms with Crippen LogP contribution in [-0.2, 0) is 0 Å². The van der Waals surface area contributed by atoms with Gasteiger partial charge in [0.05, 0.1) is 6.10 Å². The first-order valence-corrected chi connectivity index (χ1v) is 6.44. The van der Waals surface area contributed by atoms with Crippen molar-refractivity contribution in [3.05, 3.63) is 29.8 Å². The summed E-state index contributed by atoms with van der Waals surface area (Å²) in [5.41, 5.74) is 7.48.